The largest absolute Gasteiger partial charge is 1.00 e. The molecule has 0 fully saturated rings. The molecule has 1 aromatic heterocycles. The molecule has 1 heterocycles. The van der Waals surface area contributed by atoms with E-state index >= 15 is 0 Å². The van der Waals surface area contributed by atoms with Crippen molar-refractivity contribution < 1.29 is 64.8 Å². The molecule has 0 atom stereocenters. The molecule has 0 aliphatic carbocycles. The van der Waals surface area contributed by atoms with Gasteiger partial charge in [-0.25, -0.2) is 21.8 Å². The van der Waals surface area contributed by atoms with E-state index in [1.54, 1.807) is 48.5 Å². The maximum Gasteiger partial charge on any atom is 1.00 e. The van der Waals surface area contributed by atoms with Crippen LogP contribution in [-0.2, 0) is 20.2 Å². The Morgan fingerprint density at radius 1 is 0.653 bits per heavy atom. The van der Waals surface area contributed by atoms with E-state index in [9.17, 15) is 25.9 Å². The van der Waals surface area contributed by atoms with Crippen molar-refractivity contribution in [3.63, 3.8) is 0 Å². The number of hydrogen-bond donors (Lipinski definition) is 2. The molecule has 2 N–H and O–H groups in total. The monoisotopic (exact) mass is 700 g/mol. The van der Waals surface area contributed by atoms with Gasteiger partial charge in [0.05, 0.1) is 28.3 Å². The summed E-state index contributed by atoms with van der Waals surface area (Å²) in [4.78, 5) is 3.82. The van der Waals surface area contributed by atoms with Crippen molar-refractivity contribution in [2.45, 2.75) is 9.79 Å². The second-order valence-electron chi connectivity index (χ2n) is 10.8. The fraction of sp³-hybridized carbons (Fsp3) is 0.0286. The maximum absolute atomic E-state index is 12.7. The van der Waals surface area contributed by atoms with E-state index in [4.69, 9.17) is 9.72 Å². The quantitative estimate of drug-likeness (QED) is 0.0792. The zero-order chi connectivity index (χ0) is 33.6. The summed E-state index contributed by atoms with van der Waals surface area (Å²) in [6, 6.07) is 33.8. The summed E-state index contributed by atoms with van der Waals surface area (Å²) >= 11 is 0. The normalized spacial score (nSPS) is 11.7. The van der Waals surface area contributed by atoms with E-state index in [1.807, 2.05) is 53.1 Å². The number of aromatic nitrogens is 2. The van der Waals surface area contributed by atoms with Crippen LogP contribution in [0, 0.1) is 0 Å². The van der Waals surface area contributed by atoms with Gasteiger partial charge in [0.25, 0.3) is 0 Å². The number of nitrogens with one attached hydrogen (secondary N) is 2. The summed E-state index contributed by atoms with van der Waals surface area (Å²) in [6.45, 7) is 0. The second-order valence-corrected chi connectivity index (χ2v) is 13.5. The van der Waals surface area contributed by atoms with Gasteiger partial charge in [0, 0.05) is 52.5 Å². The Hall–Kier alpha value is -4.60. The van der Waals surface area contributed by atoms with Gasteiger partial charge in [-0.3, -0.25) is 0 Å². The third kappa shape index (κ3) is 6.70. The molecule has 0 spiro atoms. The van der Waals surface area contributed by atoms with Gasteiger partial charge in [-0.2, -0.15) is 0 Å². The maximum atomic E-state index is 12.7. The predicted molar refractivity (Wildman–Crippen MR) is 180 cm³/mol. The fourth-order valence-electron chi connectivity index (χ4n) is 5.79. The minimum Gasteiger partial charge on any atom is -0.744 e. The Kier molecular flexibility index (Phi) is 9.35. The smallest absolute Gasteiger partial charge is 0.744 e. The molecule has 0 aliphatic rings. The van der Waals surface area contributed by atoms with Gasteiger partial charge >= 0.3 is 29.6 Å². The minimum absolute atomic E-state index is 0. The van der Waals surface area contributed by atoms with Gasteiger partial charge < -0.3 is 24.5 Å². The molecular formula is C35H25N4NaO7S2. The number of fused-ring (bicyclic) bond motifs is 4. The average molecular weight is 701 g/mol. The van der Waals surface area contributed by atoms with Crippen molar-refractivity contribution in [1.29, 1.82) is 0 Å². The number of benzene rings is 6. The first-order valence-corrected chi connectivity index (χ1v) is 17.3. The summed E-state index contributed by atoms with van der Waals surface area (Å²) in [6.07, 6.45) is 0. The Balaban J connectivity index is 0.00000417. The number of hydrogen-bond acceptors (Lipinski definition) is 10. The molecule has 0 radical (unpaired) electrons. The van der Waals surface area contributed by atoms with Crippen molar-refractivity contribution in [3.8, 4) is 11.4 Å². The van der Waals surface area contributed by atoms with Crippen LogP contribution < -0.4 is 49.5 Å². The molecular weight excluding hydrogens is 676 g/mol. The van der Waals surface area contributed by atoms with E-state index in [-0.39, 0.29) is 51.7 Å². The van der Waals surface area contributed by atoms with Crippen LogP contribution in [0.3, 0.4) is 0 Å². The van der Waals surface area contributed by atoms with Gasteiger partial charge in [0.1, 0.15) is 37.0 Å². The molecule has 0 unspecified atom stereocenters. The van der Waals surface area contributed by atoms with Gasteiger partial charge in [0.2, 0.25) is 16.7 Å². The Labute approximate surface area is 304 Å². The first-order valence-electron chi connectivity index (χ1n) is 14.5. The molecule has 14 heteroatoms. The van der Waals surface area contributed by atoms with E-state index in [0.717, 1.165) is 0 Å². The summed E-state index contributed by atoms with van der Waals surface area (Å²) in [7, 11) is -8.47. The molecule has 0 saturated carbocycles. The van der Waals surface area contributed by atoms with Crippen LogP contribution in [0.25, 0.3) is 38.5 Å². The molecule has 11 nitrogen and oxygen atoms in total. The number of nitrogens with zero attached hydrogens (tertiary/aromatic N) is 2. The van der Waals surface area contributed by atoms with Crippen LogP contribution in [-0.4, -0.2) is 38.0 Å². The summed E-state index contributed by atoms with van der Waals surface area (Å²) in [5.41, 5.74) is 3.48. The van der Waals surface area contributed by atoms with Crippen molar-refractivity contribution in [3.05, 3.63) is 121 Å². The minimum atomic E-state index is -5.03. The number of anilines is 4. The number of ether oxygens (including phenoxy) is 1. The third-order valence-electron chi connectivity index (χ3n) is 7.82. The number of para-hydroxylation sites is 2. The average Bonchev–Trinajstić information content (AvgIpc) is 3.07. The molecule has 6 aromatic carbocycles. The van der Waals surface area contributed by atoms with Gasteiger partial charge in [0.15, 0.2) is 0 Å². The van der Waals surface area contributed by atoms with E-state index in [2.05, 4.69) is 10.6 Å². The number of rotatable bonds is 8. The van der Waals surface area contributed by atoms with Crippen molar-refractivity contribution in [2.24, 2.45) is 0 Å². The zero-order valence-corrected chi connectivity index (χ0v) is 29.7. The van der Waals surface area contributed by atoms with Crippen LogP contribution in [0.1, 0.15) is 0 Å². The molecule has 7 rings (SSSR count). The van der Waals surface area contributed by atoms with Gasteiger partial charge in [-0.15, -0.1) is 4.57 Å². The Morgan fingerprint density at radius 2 is 1.27 bits per heavy atom. The fourth-order valence-corrected chi connectivity index (χ4v) is 7.14. The molecule has 7 aromatic rings. The second kappa shape index (κ2) is 13.4. The SMILES string of the molecule is COc1cccc(Nc2cc3c(cc2S(=O)(=O)[O-])nc2c4cccc(S(=O)(=O)[O-])c4c(Nc4ccccc4)cc2[n+]3-c2ccccc2)c1.[Na+]. The molecule has 0 aliphatic heterocycles. The van der Waals surface area contributed by atoms with Crippen molar-refractivity contribution in [2.75, 3.05) is 17.7 Å². The standard InChI is InChI=1S/C35H26N4O7S2.Na/c1-46-25-15-8-12-23(18-25)37-28-19-30-27(21-33(28)48(43,44)45)38-35-26-16-9-17-32(47(40,41)42)34(26)29(36-22-10-4-2-5-11-22)20-31(35)39(30)24-13-6-3-7-14-24;/h2-21H,1H3,(H3,36,37,40,41,42,43,44,45);/q;+1/p-1. The number of methoxy groups -OCH3 is 1. The van der Waals surface area contributed by atoms with Crippen LogP contribution in [0.4, 0.5) is 22.7 Å². The molecule has 240 valence electrons. The molecule has 49 heavy (non-hydrogen) atoms. The Morgan fingerprint density at radius 3 is 1.94 bits per heavy atom. The zero-order valence-electron chi connectivity index (χ0n) is 26.1. The van der Waals surface area contributed by atoms with E-state index in [1.165, 1.54) is 31.4 Å². The van der Waals surface area contributed by atoms with Gasteiger partial charge in [-0.05, 0) is 36.4 Å². The van der Waals surface area contributed by atoms with Crippen LogP contribution in [0.5, 0.6) is 5.75 Å². The molecule has 0 bridgehead atoms. The van der Waals surface area contributed by atoms with Crippen LogP contribution in [0.15, 0.2) is 131 Å². The van der Waals surface area contributed by atoms with E-state index in [0.29, 0.717) is 44.9 Å². The Bertz CT molecular complexity index is 2610. The summed E-state index contributed by atoms with van der Waals surface area (Å²) in [5, 5.41) is 6.76. The first kappa shape index (κ1) is 34.3. The van der Waals surface area contributed by atoms with Crippen LogP contribution >= 0.6 is 0 Å². The van der Waals surface area contributed by atoms with Crippen LogP contribution in [0.2, 0.25) is 0 Å². The molecule has 0 amide bonds. The van der Waals surface area contributed by atoms with Gasteiger partial charge in [-0.1, -0.05) is 54.6 Å². The topological polar surface area (TPSA) is 164 Å². The first-order chi connectivity index (χ1) is 23.0. The summed E-state index contributed by atoms with van der Waals surface area (Å²) < 4.78 is 82.7. The predicted octanol–water partition coefficient (Wildman–Crippen LogP) is 3.13. The van der Waals surface area contributed by atoms with Crippen molar-refractivity contribution in [1.82, 2.24) is 4.98 Å². The van der Waals surface area contributed by atoms with Crippen molar-refractivity contribution >= 4 is 75.8 Å². The third-order valence-corrected chi connectivity index (χ3v) is 9.58. The summed E-state index contributed by atoms with van der Waals surface area (Å²) in [5.74, 6) is 0.518. The molecule has 0 saturated heterocycles. The van der Waals surface area contributed by atoms with E-state index < -0.39 is 30.0 Å².